The maximum Gasteiger partial charge on any atom is 0.326 e. The lowest BCUT2D eigenvalue weighted by Crippen LogP contribution is -2.35. The third-order valence-electron chi connectivity index (χ3n) is 4.14. The van der Waals surface area contributed by atoms with Crippen molar-refractivity contribution >= 4 is 22.9 Å². The highest BCUT2D eigenvalue weighted by Gasteiger charge is 2.17. The smallest absolute Gasteiger partial charge is 0.326 e. The Kier molecular flexibility index (Phi) is 4.90. The summed E-state index contributed by atoms with van der Waals surface area (Å²) in [4.78, 5) is 30.1. The van der Waals surface area contributed by atoms with Crippen LogP contribution in [-0.4, -0.2) is 46.0 Å². The summed E-state index contributed by atoms with van der Waals surface area (Å²) in [5.74, 6) is -0.521. The number of hydrogen-bond acceptors (Lipinski definition) is 4. The first-order chi connectivity index (χ1) is 11.2. The lowest BCUT2D eigenvalue weighted by atomic mass is 10.2. The van der Waals surface area contributed by atoms with Gasteiger partial charge >= 0.3 is 5.97 Å². The number of nitrogens with zero attached hydrogens (tertiary/aromatic N) is 3. The van der Waals surface area contributed by atoms with Crippen molar-refractivity contribution < 1.29 is 14.3 Å². The highest BCUT2D eigenvalue weighted by molar-refractivity contribution is 5.81. The van der Waals surface area contributed by atoms with E-state index in [-0.39, 0.29) is 19.1 Å². The lowest BCUT2D eigenvalue weighted by molar-refractivity contribution is -0.152. The topological polar surface area (TPSA) is 64.4 Å². The fourth-order valence-corrected chi connectivity index (χ4v) is 2.87. The largest absolute Gasteiger partial charge is 0.454 e. The minimum absolute atomic E-state index is 0.0633. The number of hydrogen-bond donors (Lipinski definition) is 0. The molecule has 2 heterocycles. The molecule has 1 aromatic carbocycles. The zero-order valence-electron chi connectivity index (χ0n) is 13.1. The molecule has 0 spiro atoms. The van der Waals surface area contributed by atoms with Crippen molar-refractivity contribution in [2.75, 3.05) is 19.7 Å². The van der Waals surface area contributed by atoms with E-state index in [1.807, 2.05) is 24.3 Å². The molecule has 0 atom stereocenters. The quantitative estimate of drug-likeness (QED) is 0.809. The molecule has 1 aliphatic heterocycles. The first kappa shape index (κ1) is 15.5. The van der Waals surface area contributed by atoms with Crippen LogP contribution in [0.4, 0.5) is 0 Å². The Labute approximate surface area is 135 Å². The normalized spacial score (nSPS) is 15.4. The number of aromatic nitrogens is 2. The van der Waals surface area contributed by atoms with Crippen molar-refractivity contribution in [1.82, 2.24) is 14.5 Å². The molecule has 0 unspecified atom stereocenters. The van der Waals surface area contributed by atoms with E-state index in [2.05, 4.69) is 4.98 Å². The molecular formula is C17H21N3O3. The number of benzene rings is 1. The van der Waals surface area contributed by atoms with Gasteiger partial charge in [0.15, 0.2) is 6.61 Å². The fourth-order valence-electron chi connectivity index (χ4n) is 2.87. The van der Waals surface area contributed by atoms with Gasteiger partial charge < -0.3 is 14.2 Å². The summed E-state index contributed by atoms with van der Waals surface area (Å²) < 4.78 is 6.87. The molecule has 6 heteroatoms. The minimum atomic E-state index is -0.420. The van der Waals surface area contributed by atoms with Gasteiger partial charge in [0.1, 0.15) is 6.54 Å². The summed E-state index contributed by atoms with van der Waals surface area (Å²) in [7, 11) is 0. The molecule has 122 valence electrons. The Bertz CT molecular complexity index is 687. The fraction of sp³-hybridized carbons (Fsp3) is 0.471. The Morgan fingerprint density at radius 1 is 1.09 bits per heavy atom. The number of likely N-dealkylation sites (tertiary alicyclic amines) is 1. The number of rotatable bonds is 4. The monoisotopic (exact) mass is 315 g/mol. The van der Waals surface area contributed by atoms with Crippen LogP contribution in [0.15, 0.2) is 30.6 Å². The van der Waals surface area contributed by atoms with Crippen LogP contribution in [0, 0.1) is 0 Å². The molecule has 0 bridgehead atoms. The Hall–Kier alpha value is -2.37. The summed E-state index contributed by atoms with van der Waals surface area (Å²) in [6, 6.07) is 7.59. The number of esters is 1. The molecule has 1 saturated heterocycles. The molecule has 1 aromatic heterocycles. The summed E-state index contributed by atoms with van der Waals surface area (Å²) in [5.41, 5.74) is 1.71. The molecular weight excluding hydrogens is 294 g/mol. The second kappa shape index (κ2) is 7.26. The van der Waals surface area contributed by atoms with Crippen LogP contribution in [0.25, 0.3) is 11.0 Å². The molecule has 0 saturated carbocycles. The van der Waals surface area contributed by atoms with Gasteiger partial charge in [-0.1, -0.05) is 25.0 Å². The summed E-state index contributed by atoms with van der Waals surface area (Å²) in [6.45, 7) is 1.42. The highest BCUT2D eigenvalue weighted by Crippen LogP contribution is 2.12. The van der Waals surface area contributed by atoms with Crippen molar-refractivity contribution in [2.45, 2.75) is 32.2 Å². The predicted octanol–water partition coefficient (Wildman–Crippen LogP) is 1.98. The van der Waals surface area contributed by atoms with Gasteiger partial charge in [0.25, 0.3) is 5.91 Å². The van der Waals surface area contributed by atoms with Crippen LogP contribution in [0.5, 0.6) is 0 Å². The lowest BCUT2D eigenvalue weighted by Gasteiger charge is -2.19. The standard InChI is InChI=1S/C17H21N3O3/c21-16(19-9-5-1-2-6-10-19)12-23-17(22)11-20-13-18-14-7-3-4-8-15(14)20/h3-4,7-8,13H,1-2,5-6,9-12H2. The van der Waals surface area contributed by atoms with E-state index < -0.39 is 5.97 Å². The van der Waals surface area contributed by atoms with Gasteiger partial charge in [0.2, 0.25) is 0 Å². The van der Waals surface area contributed by atoms with Crippen molar-refractivity contribution in [3.8, 4) is 0 Å². The van der Waals surface area contributed by atoms with Gasteiger partial charge in [-0.25, -0.2) is 4.98 Å². The van der Waals surface area contributed by atoms with Crippen LogP contribution in [0.2, 0.25) is 0 Å². The second-order valence-corrected chi connectivity index (χ2v) is 5.82. The molecule has 3 rings (SSSR count). The molecule has 2 aromatic rings. The van der Waals surface area contributed by atoms with E-state index in [4.69, 9.17) is 4.74 Å². The third kappa shape index (κ3) is 3.88. The van der Waals surface area contributed by atoms with Gasteiger partial charge in [-0.15, -0.1) is 0 Å². The average Bonchev–Trinajstić information content (AvgIpc) is 2.79. The molecule has 1 amide bonds. The van der Waals surface area contributed by atoms with E-state index >= 15 is 0 Å². The minimum Gasteiger partial charge on any atom is -0.454 e. The number of amides is 1. The van der Waals surface area contributed by atoms with Gasteiger partial charge in [0.05, 0.1) is 17.4 Å². The van der Waals surface area contributed by atoms with Crippen LogP contribution >= 0.6 is 0 Å². The molecule has 0 N–H and O–H groups in total. The van der Waals surface area contributed by atoms with E-state index in [1.54, 1.807) is 15.8 Å². The molecule has 1 fully saturated rings. The second-order valence-electron chi connectivity index (χ2n) is 5.82. The zero-order valence-corrected chi connectivity index (χ0v) is 13.1. The predicted molar refractivity (Wildman–Crippen MR) is 85.7 cm³/mol. The number of ether oxygens (including phenoxy) is 1. The van der Waals surface area contributed by atoms with Crippen LogP contribution < -0.4 is 0 Å². The number of carbonyl (C=O) groups is 2. The van der Waals surface area contributed by atoms with Crippen molar-refractivity contribution in [1.29, 1.82) is 0 Å². The SMILES string of the molecule is O=C(Cn1cnc2ccccc21)OCC(=O)N1CCCCCC1. The molecule has 0 aliphatic carbocycles. The van der Waals surface area contributed by atoms with Crippen LogP contribution in [0.3, 0.4) is 0 Å². The van der Waals surface area contributed by atoms with E-state index in [1.165, 1.54) is 0 Å². The van der Waals surface area contributed by atoms with Gasteiger partial charge in [0, 0.05) is 13.1 Å². The van der Waals surface area contributed by atoms with Crippen molar-refractivity contribution in [3.63, 3.8) is 0 Å². The third-order valence-corrected chi connectivity index (χ3v) is 4.14. The average molecular weight is 315 g/mol. The van der Waals surface area contributed by atoms with Crippen molar-refractivity contribution in [3.05, 3.63) is 30.6 Å². The molecule has 0 radical (unpaired) electrons. The van der Waals surface area contributed by atoms with Crippen LogP contribution in [0.1, 0.15) is 25.7 Å². The summed E-state index contributed by atoms with van der Waals surface area (Å²) in [5, 5.41) is 0. The molecule has 1 aliphatic rings. The van der Waals surface area contributed by atoms with E-state index in [9.17, 15) is 9.59 Å². The zero-order chi connectivity index (χ0) is 16.1. The van der Waals surface area contributed by atoms with Gasteiger partial charge in [-0.05, 0) is 25.0 Å². The maximum absolute atomic E-state index is 12.1. The molecule has 6 nitrogen and oxygen atoms in total. The maximum atomic E-state index is 12.1. The highest BCUT2D eigenvalue weighted by atomic mass is 16.5. The Morgan fingerprint density at radius 3 is 2.61 bits per heavy atom. The molecule has 23 heavy (non-hydrogen) atoms. The number of fused-ring (bicyclic) bond motifs is 1. The number of para-hydroxylation sites is 2. The Balaban J connectivity index is 1.52. The van der Waals surface area contributed by atoms with Gasteiger partial charge in [-0.2, -0.15) is 0 Å². The van der Waals surface area contributed by atoms with Gasteiger partial charge in [-0.3, -0.25) is 9.59 Å². The van der Waals surface area contributed by atoms with E-state index in [0.29, 0.717) is 0 Å². The first-order valence-corrected chi connectivity index (χ1v) is 8.07. The van der Waals surface area contributed by atoms with E-state index in [0.717, 1.165) is 49.8 Å². The summed E-state index contributed by atoms with van der Waals surface area (Å²) >= 11 is 0. The van der Waals surface area contributed by atoms with Crippen LogP contribution in [-0.2, 0) is 20.9 Å². The Morgan fingerprint density at radius 2 is 1.83 bits per heavy atom. The first-order valence-electron chi connectivity index (χ1n) is 8.07. The summed E-state index contributed by atoms with van der Waals surface area (Å²) in [6.07, 6.45) is 6.00. The van der Waals surface area contributed by atoms with Crippen molar-refractivity contribution in [2.24, 2.45) is 0 Å². The number of imidazole rings is 1. The number of carbonyl (C=O) groups excluding carboxylic acids is 2.